The quantitative estimate of drug-likeness (QED) is 0.867. The topological polar surface area (TPSA) is 53.4 Å². The molecule has 0 aliphatic carbocycles. The number of carbonyl (C=O) groups is 1. The molecule has 0 saturated carbocycles. The Balaban J connectivity index is 2.05. The van der Waals surface area contributed by atoms with Gasteiger partial charge in [-0.3, -0.25) is 9.69 Å². The Labute approximate surface area is 98.9 Å². The molecule has 88 valence electrons. The summed E-state index contributed by atoms with van der Waals surface area (Å²) < 4.78 is 0. The van der Waals surface area contributed by atoms with Crippen molar-refractivity contribution < 1.29 is 9.90 Å². The minimum atomic E-state index is -0.748. The number of nitrogens with zero attached hydrogens (tertiary/aromatic N) is 2. The Bertz CT molecular complexity index is 389. The third kappa shape index (κ3) is 2.59. The van der Waals surface area contributed by atoms with Crippen LogP contribution in [-0.4, -0.2) is 34.0 Å². The highest BCUT2D eigenvalue weighted by Crippen LogP contribution is 2.25. The summed E-state index contributed by atoms with van der Waals surface area (Å²) in [5, 5.41) is 9.95. The molecule has 0 spiro atoms. The van der Waals surface area contributed by atoms with Crippen LogP contribution in [0.2, 0.25) is 0 Å². The maximum atomic E-state index is 10.6. The van der Waals surface area contributed by atoms with E-state index >= 15 is 0 Å². The number of aryl methyl sites for hydroxylation is 1. The van der Waals surface area contributed by atoms with E-state index in [-0.39, 0.29) is 6.54 Å². The van der Waals surface area contributed by atoms with Gasteiger partial charge in [-0.1, -0.05) is 6.92 Å². The lowest BCUT2D eigenvalue weighted by Crippen LogP contribution is -2.34. The lowest BCUT2D eigenvalue weighted by Gasteiger charge is -2.23. The molecule has 1 aliphatic heterocycles. The van der Waals surface area contributed by atoms with Crippen molar-refractivity contribution in [3.8, 4) is 0 Å². The van der Waals surface area contributed by atoms with E-state index in [2.05, 4.69) is 11.9 Å². The summed E-state index contributed by atoms with van der Waals surface area (Å²) in [5.74, 6) is -0.748. The zero-order valence-corrected chi connectivity index (χ0v) is 10.2. The number of thiazole rings is 1. The standard InChI is InChI=1S/C11H16N2O2S/c1-2-3-10-12-8-4-5-13(7-11(14)15)6-9(8)16-10/h2-7H2,1H3,(H,14,15). The first-order chi connectivity index (χ1) is 7.69. The average molecular weight is 240 g/mol. The largest absolute Gasteiger partial charge is 0.480 e. The molecule has 1 aromatic heterocycles. The SMILES string of the molecule is CCCc1nc2c(s1)CN(CC(=O)O)CC2. The van der Waals surface area contributed by atoms with Crippen molar-refractivity contribution >= 4 is 17.3 Å². The molecule has 0 amide bonds. The summed E-state index contributed by atoms with van der Waals surface area (Å²) in [7, 11) is 0. The molecule has 0 aromatic carbocycles. The third-order valence-electron chi connectivity index (χ3n) is 2.68. The summed E-state index contributed by atoms with van der Waals surface area (Å²) in [4.78, 5) is 18.5. The van der Waals surface area contributed by atoms with E-state index in [1.165, 1.54) is 15.6 Å². The summed E-state index contributed by atoms with van der Waals surface area (Å²) >= 11 is 1.75. The molecule has 5 heteroatoms. The van der Waals surface area contributed by atoms with Crippen molar-refractivity contribution in [3.63, 3.8) is 0 Å². The fourth-order valence-corrected chi connectivity index (χ4v) is 3.21. The highest BCUT2D eigenvalue weighted by molar-refractivity contribution is 7.11. The van der Waals surface area contributed by atoms with Gasteiger partial charge in [-0.05, 0) is 12.8 Å². The van der Waals surface area contributed by atoms with Crippen LogP contribution < -0.4 is 0 Å². The molecule has 0 fully saturated rings. The first kappa shape index (κ1) is 11.5. The number of fused-ring (bicyclic) bond motifs is 1. The number of carboxylic acids is 1. The van der Waals surface area contributed by atoms with E-state index in [4.69, 9.17) is 5.11 Å². The van der Waals surface area contributed by atoms with E-state index in [0.29, 0.717) is 0 Å². The van der Waals surface area contributed by atoms with Gasteiger partial charge in [-0.2, -0.15) is 0 Å². The first-order valence-corrected chi connectivity index (χ1v) is 6.42. The molecule has 4 nitrogen and oxygen atoms in total. The Morgan fingerprint density at radius 3 is 3.12 bits per heavy atom. The lowest BCUT2D eigenvalue weighted by atomic mass is 10.2. The van der Waals surface area contributed by atoms with Gasteiger partial charge in [-0.25, -0.2) is 4.98 Å². The second-order valence-electron chi connectivity index (χ2n) is 4.08. The summed E-state index contributed by atoms with van der Waals surface area (Å²) in [6.45, 7) is 3.86. The molecule has 0 bridgehead atoms. The fraction of sp³-hybridized carbons (Fsp3) is 0.636. The van der Waals surface area contributed by atoms with Gasteiger partial charge in [0, 0.05) is 24.4 Å². The van der Waals surface area contributed by atoms with Crippen LogP contribution in [0, 0.1) is 0 Å². The highest BCUT2D eigenvalue weighted by atomic mass is 32.1. The van der Waals surface area contributed by atoms with Crippen molar-refractivity contribution in [3.05, 3.63) is 15.6 Å². The van der Waals surface area contributed by atoms with Gasteiger partial charge in [0.1, 0.15) is 0 Å². The van der Waals surface area contributed by atoms with Gasteiger partial charge in [0.25, 0.3) is 0 Å². The summed E-state index contributed by atoms with van der Waals surface area (Å²) in [5.41, 5.74) is 1.19. The van der Waals surface area contributed by atoms with E-state index in [0.717, 1.165) is 32.4 Å². The predicted octanol–water partition coefficient (Wildman–Crippen LogP) is 1.54. The van der Waals surface area contributed by atoms with Crippen LogP contribution in [-0.2, 0) is 24.2 Å². The van der Waals surface area contributed by atoms with Gasteiger partial charge in [0.15, 0.2) is 0 Å². The molecule has 1 N–H and O–H groups in total. The Morgan fingerprint density at radius 1 is 1.62 bits per heavy atom. The number of aromatic nitrogens is 1. The van der Waals surface area contributed by atoms with Crippen molar-refractivity contribution in [2.75, 3.05) is 13.1 Å². The number of carboxylic acid groups (broad SMARTS) is 1. The van der Waals surface area contributed by atoms with Crippen LogP contribution in [0.4, 0.5) is 0 Å². The van der Waals surface area contributed by atoms with Crippen molar-refractivity contribution in [1.29, 1.82) is 0 Å². The first-order valence-electron chi connectivity index (χ1n) is 5.60. The average Bonchev–Trinajstić information content (AvgIpc) is 2.59. The van der Waals surface area contributed by atoms with Gasteiger partial charge in [0.2, 0.25) is 0 Å². The Kier molecular flexibility index (Phi) is 3.56. The van der Waals surface area contributed by atoms with Crippen LogP contribution in [0.1, 0.15) is 28.9 Å². The lowest BCUT2D eigenvalue weighted by molar-refractivity contribution is -0.138. The van der Waals surface area contributed by atoms with Crippen LogP contribution >= 0.6 is 11.3 Å². The zero-order valence-electron chi connectivity index (χ0n) is 9.40. The minimum absolute atomic E-state index is 0.139. The van der Waals surface area contributed by atoms with Gasteiger partial charge < -0.3 is 5.11 Å². The number of aliphatic carboxylic acids is 1. The van der Waals surface area contributed by atoms with E-state index in [1.807, 2.05) is 4.90 Å². The minimum Gasteiger partial charge on any atom is -0.480 e. The van der Waals surface area contributed by atoms with Crippen LogP contribution in [0.15, 0.2) is 0 Å². The third-order valence-corrected chi connectivity index (χ3v) is 3.82. The Hall–Kier alpha value is -0.940. The smallest absolute Gasteiger partial charge is 0.317 e. The molecule has 2 rings (SSSR count). The van der Waals surface area contributed by atoms with Gasteiger partial charge in [-0.15, -0.1) is 11.3 Å². The maximum absolute atomic E-state index is 10.6. The van der Waals surface area contributed by atoms with Crippen LogP contribution in [0.5, 0.6) is 0 Å². The molecule has 16 heavy (non-hydrogen) atoms. The van der Waals surface area contributed by atoms with Gasteiger partial charge >= 0.3 is 5.97 Å². The highest BCUT2D eigenvalue weighted by Gasteiger charge is 2.21. The molecule has 0 atom stereocenters. The van der Waals surface area contributed by atoms with Crippen molar-refractivity contribution in [1.82, 2.24) is 9.88 Å². The molecule has 1 aliphatic rings. The summed E-state index contributed by atoms with van der Waals surface area (Å²) in [6.07, 6.45) is 3.05. The second kappa shape index (κ2) is 4.93. The van der Waals surface area contributed by atoms with Crippen molar-refractivity contribution in [2.45, 2.75) is 32.7 Å². The number of rotatable bonds is 4. The molecular weight excluding hydrogens is 224 g/mol. The number of hydrogen-bond acceptors (Lipinski definition) is 4. The monoisotopic (exact) mass is 240 g/mol. The van der Waals surface area contributed by atoms with Gasteiger partial charge in [0.05, 0.1) is 17.2 Å². The normalized spacial score (nSPS) is 16.1. The Morgan fingerprint density at radius 2 is 2.44 bits per heavy atom. The molecule has 0 unspecified atom stereocenters. The maximum Gasteiger partial charge on any atom is 0.317 e. The second-order valence-corrected chi connectivity index (χ2v) is 5.25. The number of hydrogen-bond donors (Lipinski definition) is 1. The van der Waals surface area contributed by atoms with E-state index < -0.39 is 5.97 Å². The van der Waals surface area contributed by atoms with Crippen molar-refractivity contribution in [2.24, 2.45) is 0 Å². The zero-order chi connectivity index (χ0) is 11.5. The van der Waals surface area contributed by atoms with E-state index in [9.17, 15) is 4.79 Å². The van der Waals surface area contributed by atoms with Crippen LogP contribution in [0.25, 0.3) is 0 Å². The fourth-order valence-electron chi connectivity index (χ4n) is 1.95. The summed E-state index contributed by atoms with van der Waals surface area (Å²) in [6, 6.07) is 0. The van der Waals surface area contributed by atoms with E-state index in [1.54, 1.807) is 11.3 Å². The molecule has 0 saturated heterocycles. The molecule has 2 heterocycles. The molecule has 0 radical (unpaired) electrons. The van der Waals surface area contributed by atoms with Crippen LogP contribution in [0.3, 0.4) is 0 Å². The predicted molar refractivity (Wildman–Crippen MR) is 62.7 cm³/mol. The molecular formula is C11H16N2O2S. The molecule has 1 aromatic rings.